The molecule has 5 heteroatoms. The maximum absolute atomic E-state index is 11.7. The number of benzene rings is 1. The highest BCUT2D eigenvalue weighted by molar-refractivity contribution is 5.93. The lowest BCUT2D eigenvalue weighted by Gasteiger charge is -2.19. The zero-order chi connectivity index (χ0) is 15.5. The summed E-state index contributed by atoms with van der Waals surface area (Å²) in [6.07, 6.45) is 1.28. The Labute approximate surface area is 125 Å². The first-order valence-electron chi connectivity index (χ1n) is 7.27. The summed E-state index contributed by atoms with van der Waals surface area (Å²) in [5.74, 6) is 0.0648. The van der Waals surface area contributed by atoms with E-state index in [2.05, 4.69) is 36.7 Å². The molecule has 1 aliphatic heterocycles. The van der Waals surface area contributed by atoms with E-state index in [1.165, 1.54) is 0 Å². The Balaban J connectivity index is 1.86. The average molecular weight is 289 g/mol. The lowest BCUT2D eigenvalue weighted by Crippen LogP contribution is -2.39. The summed E-state index contributed by atoms with van der Waals surface area (Å²) in [5, 5.41) is 8.55. The molecule has 0 aliphatic carbocycles. The Kier molecular flexibility index (Phi) is 4.50. The number of aryl methyl sites for hydroxylation is 1. The van der Waals surface area contributed by atoms with Gasteiger partial charge in [0.15, 0.2) is 0 Å². The summed E-state index contributed by atoms with van der Waals surface area (Å²) in [6, 6.07) is 5.71. The van der Waals surface area contributed by atoms with Gasteiger partial charge in [0, 0.05) is 25.2 Å². The van der Waals surface area contributed by atoms with Crippen molar-refractivity contribution < 1.29 is 9.59 Å². The minimum absolute atomic E-state index is 0.0648. The van der Waals surface area contributed by atoms with Gasteiger partial charge >= 0.3 is 6.03 Å². The normalized spacial score (nSPS) is 14.1. The molecule has 3 amide bonds. The van der Waals surface area contributed by atoms with Gasteiger partial charge < -0.3 is 16.0 Å². The number of hydrogen-bond acceptors (Lipinski definition) is 2. The van der Waals surface area contributed by atoms with Crippen LogP contribution in [0.25, 0.3) is 0 Å². The molecule has 0 unspecified atom stereocenters. The second kappa shape index (κ2) is 6.16. The van der Waals surface area contributed by atoms with Gasteiger partial charge in [-0.15, -0.1) is 0 Å². The van der Waals surface area contributed by atoms with Gasteiger partial charge in [-0.3, -0.25) is 4.79 Å². The van der Waals surface area contributed by atoms with E-state index in [0.29, 0.717) is 19.5 Å². The summed E-state index contributed by atoms with van der Waals surface area (Å²) in [4.78, 5) is 23.0. The van der Waals surface area contributed by atoms with Crippen LogP contribution >= 0.6 is 0 Å². The number of rotatable bonds is 3. The molecule has 0 aromatic heterocycles. The molecule has 1 aromatic carbocycles. The molecular formula is C16H23N3O2. The Morgan fingerprint density at radius 3 is 2.71 bits per heavy atom. The number of nitrogens with one attached hydrogen (secondary N) is 3. The van der Waals surface area contributed by atoms with Gasteiger partial charge in [0.05, 0.1) is 0 Å². The minimum Gasteiger partial charge on any atom is -0.338 e. The fourth-order valence-corrected chi connectivity index (χ4v) is 2.14. The molecule has 1 heterocycles. The molecule has 0 spiro atoms. The van der Waals surface area contributed by atoms with E-state index < -0.39 is 0 Å². The van der Waals surface area contributed by atoms with Gasteiger partial charge in [0.2, 0.25) is 5.91 Å². The standard InChI is InChI=1S/C16H23N3O2/c1-16(2,3)10-18-15(21)17-9-11-4-6-13-12(8-11)5-7-14(20)19-13/h4,6,8H,5,7,9-10H2,1-3H3,(H,19,20)(H2,17,18,21). The van der Waals surface area contributed by atoms with Crippen molar-refractivity contribution in [1.29, 1.82) is 0 Å². The minimum atomic E-state index is -0.157. The van der Waals surface area contributed by atoms with E-state index in [-0.39, 0.29) is 17.4 Å². The van der Waals surface area contributed by atoms with E-state index in [1.54, 1.807) is 0 Å². The first-order valence-corrected chi connectivity index (χ1v) is 7.27. The van der Waals surface area contributed by atoms with Crippen LogP contribution in [0.3, 0.4) is 0 Å². The fourth-order valence-electron chi connectivity index (χ4n) is 2.14. The summed E-state index contributed by atoms with van der Waals surface area (Å²) in [6.45, 7) is 7.34. The Morgan fingerprint density at radius 2 is 2.00 bits per heavy atom. The number of anilines is 1. The van der Waals surface area contributed by atoms with Gasteiger partial charge in [-0.25, -0.2) is 4.79 Å². The van der Waals surface area contributed by atoms with Crippen LogP contribution in [0.1, 0.15) is 38.3 Å². The van der Waals surface area contributed by atoms with Crippen molar-refractivity contribution in [2.45, 2.75) is 40.2 Å². The number of carbonyl (C=O) groups excluding carboxylic acids is 2. The molecule has 0 saturated heterocycles. The third kappa shape index (κ3) is 4.77. The van der Waals surface area contributed by atoms with Crippen molar-refractivity contribution in [1.82, 2.24) is 10.6 Å². The lowest BCUT2D eigenvalue weighted by molar-refractivity contribution is -0.116. The van der Waals surface area contributed by atoms with Crippen molar-refractivity contribution in [3.05, 3.63) is 29.3 Å². The van der Waals surface area contributed by atoms with Crippen molar-refractivity contribution in [3.63, 3.8) is 0 Å². The molecule has 0 bridgehead atoms. The number of urea groups is 1. The molecule has 0 fully saturated rings. The summed E-state index contributed by atoms with van der Waals surface area (Å²) in [5.41, 5.74) is 3.12. The monoisotopic (exact) mass is 289 g/mol. The quantitative estimate of drug-likeness (QED) is 0.799. The molecule has 114 valence electrons. The zero-order valence-corrected chi connectivity index (χ0v) is 12.9. The van der Waals surface area contributed by atoms with E-state index in [1.807, 2.05) is 18.2 Å². The van der Waals surface area contributed by atoms with Gasteiger partial charge in [-0.2, -0.15) is 0 Å². The molecule has 3 N–H and O–H groups in total. The van der Waals surface area contributed by atoms with Crippen LogP contribution in [0.15, 0.2) is 18.2 Å². The summed E-state index contributed by atoms with van der Waals surface area (Å²) in [7, 11) is 0. The molecule has 0 atom stereocenters. The third-order valence-corrected chi connectivity index (χ3v) is 3.30. The smallest absolute Gasteiger partial charge is 0.315 e. The number of carbonyl (C=O) groups is 2. The summed E-state index contributed by atoms with van der Waals surface area (Å²) < 4.78 is 0. The van der Waals surface area contributed by atoms with Gasteiger partial charge in [0.25, 0.3) is 0 Å². The highest BCUT2D eigenvalue weighted by Crippen LogP contribution is 2.23. The maximum Gasteiger partial charge on any atom is 0.315 e. The highest BCUT2D eigenvalue weighted by Gasteiger charge is 2.15. The zero-order valence-electron chi connectivity index (χ0n) is 12.9. The lowest BCUT2D eigenvalue weighted by atomic mass is 9.97. The predicted molar refractivity (Wildman–Crippen MR) is 83.1 cm³/mol. The number of hydrogen-bond donors (Lipinski definition) is 3. The summed E-state index contributed by atoms with van der Waals surface area (Å²) >= 11 is 0. The topological polar surface area (TPSA) is 70.2 Å². The van der Waals surface area contributed by atoms with Crippen LogP contribution in [-0.4, -0.2) is 18.5 Å². The van der Waals surface area contributed by atoms with E-state index >= 15 is 0 Å². The van der Waals surface area contributed by atoms with Gasteiger partial charge in [0.1, 0.15) is 0 Å². The molecule has 0 radical (unpaired) electrons. The Bertz CT molecular complexity index is 547. The molecular weight excluding hydrogens is 266 g/mol. The Morgan fingerprint density at radius 1 is 1.24 bits per heavy atom. The Hall–Kier alpha value is -2.04. The largest absolute Gasteiger partial charge is 0.338 e. The van der Waals surface area contributed by atoms with Gasteiger partial charge in [-0.05, 0) is 29.0 Å². The maximum atomic E-state index is 11.7. The van der Waals surface area contributed by atoms with Gasteiger partial charge in [-0.1, -0.05) is 32.9 Å². The highest BCUT2D eigenvalue weighted by atomic mass is 16.2. The molecule has 1 aliphatic rings. The average Bonchev–Trinajstić information content (AvgIpc) is 2.42. The van der Waals surface area contributed by atoms with Crippen LogP contribution in [-0.2, 0) is 17.8 Å². The first-order chi connectivity index (χ1) is 9.83. The van der Waals surface area contributed by atoms with Crippen LogP contribution in [0.5, 0.6) is 0 Å². The van der Waals surface area contributed by atoms with E-state index in [9.17, 15) is 9.59 Å². The van der Waals surface area contributed by atoms with Crippen molar-refractivity contribution in [2.24, 2.45) is 5.41 Å². The first kappa shape index (κ1) is 15.4. The molecule has 21 heavy (non-hydrogen) atoms. The van der Waals surface area contributed by atoms with Crippen molar-refractivity contribution >= 4 is 17.6 Å². The van der Waals surface area contributed by atoms with Crippen LogP contribution < -0.4 is 16.0 Å². The van der Waals surface area contributed by atoms with E-state index in [4.69, 9.17) is 0 Å². The van der Waals surface area contributed by atoms with Crippen molar-refractivity contribution in [3.8, 4) is 0 Å². The van der Waals surface area contributed by atoms with E-state index in [0.717, 1.165) is 23.2 Å². The second-order valence-corrected chi connectivity index (χ2v) is 6.64. The molecule has 2 rings (SSSR count). The van der Waals surface area contributed by atoms with Crippen molar-refractivity contribution in [2.75, 3.05) is 11.9 Å². The molecule has 5 nitrogen and oxygen atoms in total. The molecule has 1 aromatic rings. The third-order valence-electron chi connectivity index (χ3n) is 3.30. The van der Waals surface area contributed by atoms with Crippen LogP contribution in [0, 0.1) is 5.41 Å². The van der Waals surface area contributed by atoms with Crippen LogP contribution in [0.2, 0.25) is 0 Å². The van der Waals surface area contributed by atoms with Crippen LogP contribution in [0.4, 0.5) is 10.5 Å². The number of amides is 3. The second-order valence-electron chi connectivity index (χ2n) is 6.64. The predicted octanol–water partition coefficient (Wildman–Crippen LogP) is 2.42. The number of fused-ring (bicyclic) bond motifs is 1. The SMILES string of the molecule is CC(C)(C)CNC(=O)NCc1ccc2c(c1)CCC(=O)N2. The molecule has 0 saturated carbocycles. The fraction of sp³-hybridized carbons (Fsp3) is 0.500.